The summed E-state index contributed by atoms with van der Waals surface area (Å²) >= 11 is 0. The van der Waals surface area contributed by atoms with E-state index in [2.05, 4.69) is 220 Å². The van der Waals surface area contributed by atoms with Crippen LogP contribution in [0.3, 0.4) is 0 Å². The molecule has 4 aromatic heterocycles. The average molecular weight is 727 g/mol. The Labute approximate surface area is 328 Å². The van der Waals surface area contributed by atoms with Crippen LogP contribution in [0.15, 0.2) is 206 Å². The van der Waals surface area contributed by atoms with Gasteiger partial charge in [-0.2, -0.15) is 0 Å². The molecule has 4 nitrogen and oxygen atoms in total. The molecule has 4 heterocycles. The number of hydrogen-bond donors (Lipinski definition) is 0. The Morgan fingerprint density at radius 2 is 0.561 bits per heavy atom. The number of fused-ring (bicyclic) bond motifs is 9. The lowest BCUT2D eigenvalue weighted by Crippen LogP contribution is -2.00. The minimum Gasteiger partial charge on any atom is -0.309 e. The quantitative estimate of drug-likeness (QED) is 0.174. The van der Waals surface area contributed by atoms with E-state index in [-0.39, 0.29) is 0 Å². The lowest BCUT2D eigenvalue weighted by atomic mass is 10.1. The SMILES string of the molecule is c1ccc(-c2cc(-n3c4ccccc4c4ccc(-n5c6ccccc6c6ccc(-n7c8ccccc8c8ccccc87)cc65)cc43)cc(-c3ccccc3)n2)cc1. The van der Waals surface area contributed by atoms with Gasteiger partial charge in [0, 0.05) is 54.8 Å². The smallest absolute Gasteiger partial charge is 0.0730 e. The topological polar surface area (TPSA) is 27.7 Å². The van der Waals surface area contributed by atoms with Gasteiger partial charge in [-0.25, -0.2) is 4.98 Å². The number of rotatable bonds is 5. The van der Waals surface area contributed by atoms with Gasteiger partial charge in [0.2, 0.25) is 0 Å². The van der Waals surface area contributed by atoms with Gasteiger partial charge in [-0.05, 0) is 60.7 Å². The maximum absolute atomic E-state index is 5.22. The van der Waals surface area contributed by atoms with Crippen molar-refractivity contribution < 1.29 is 0 Å². The normalized spacial score (nSPS) is 11.9. The largest absolute Gasteiger partial charge is 0.309 e. The number of hydrogen-bond acceptors (Lipinski definition) is 1. The van der Waals surface area contributed by atoms with Crippen molar-refractivity contribution in [3.8, 4) is 39.6 Å². The van der Waals surface area contributed by atoms with Crippen LogP contribution < -0.4 is 0 Å². The highest BCUT2D eigenvalue weighted by molar-refractivity contribution is 6.13. The molecule has 12 rings (SSSR count). The third-order valence-electron chi connectivity index (χ3n) is 11.6. The molecule has 8 aromatic carbocycles. The maximum atomic E-state index is 5.22. The number of pyridine rings is 1. The van der Waals surface area contributed by atoms with Crippen LogP contribution in [0.2, 0.25) is 0 Å². The first-order valence-electron chi connectivity index (χ1n) is 19.5. The zero-order valence-corrected chi connectivity index (χ0v) is 30.9. The summed E-state index contributed by atoms with van der Waals surface area (Å²) in [4.78, 5) is 5.22. The second-order valence-electron chi connectivity index (χ2n) is 14.8. The molecule has 0 saturated heterocycles. The monoisotopic (exact) mass is 726 g/mol. The summed E-state index contributed by atoms with van der Waals surface area (Å²) in [7, 11) is 0. The van der Waals surface area contributed by atoms with Crippen LogP contribution in [0, 0.1) is 0 Å². The molecule has 0 amide bonds. The number of benzene rings is 8. The summed E-state index contributed by atoms with van der Waals surface area (Å²) in [6.45, 7) is 0. The van der Waals surface area contributed by atoms with E-state index in [0.717, 1.165) is 50.6 Å². The van der Waals surface area contributed by atoms with E-state index < -0.39 is 0 Å². The van der Waals surface area contributed by atoms with Crippen molar-refractivity contribution in [2.75, 3.05) is 0 Å². The fourth-order valence-electron chi connectivity index (χ4n) is 9.11. The summed E-state index contributed by atoms with van der Waals surface area (Å²) in [5, 5.41) is 7.40. The maximum Gasteiger partial charge on any atom is 0.0730 e. The second kappa shape index (κ2) is 12.4. The predicted octanol–water partition coefficient (Wildman–Crippen LogP) is 13.7. The molecule has 0 bridgehead atoms. The predicted molar refractivity (Wildman–Crippen MR) is 238 cm³/mol. The van der Waals surface area contributed by atoms with Crippen molar-refractivity contribution in [1.82, 2.24) is 18.7 Å². The van der Waals surface area contributed by atoms with E-state index in [0.29, 0.717) is 0 Å². The van der Waals surface area contributed by atoms with E-state index in [1.165, 1.54) is 54.4 Å². The van der Waals surface area contributed by atoms with Crippen molar-refractivity contribution in [3.63, 3.8) is 0 Å². The molecule has 0 atom stereocenters. The molecule has 0 fully saturated rings. The minimum atomic E-state index is 0.939. The van der Waals surface area contributed by atoms with Gasteiger partial charge in [0.1, 0.15) is 0 Å². The number of para-hydroxylation sites is 4. The van der Waals surface area contributed by atoms with Crippen LogP contribution in [-0.2, 0) is 0 Å². The van der Waals surface area contributed by atoms with Crippen LogP contribution in [0.1, 0.15) is 0 Å². The van der Waals surface area contributed by atoms with Gasteiger partial charge in [0.15, 0.2) is 0 Å². The lowest BCUT2D eigenvalue weighted by molar-refractivity contribution is 1.14. The van der Waals surface area contributed by atoms with Crippen LogP contribution in [-0.4, -0.2) is 18.7 Å². The van der Waals surface area contributed by atoms with Gasteiger partial charge in [-0.3, -0.25) is 0 Å². The Morgan fingerprint density at radius 3 is 0.965 bits per heavy atom. The highest BCUT2D eigenvalue weighted by Gasteiger charge is 2.19. The Balaban J connectivity index is 1.13. The van der Waals surface area contributed by atoms with Gasteiger partial charge >= 0.3 is 0 Å². The van der Waals surface area contributed by atoms with Gasteiger partial charge in [-0.15, -0.1) is 0 Å². The average Bonchev–Trinajstić information content (AvgIpc) is 3.92. The van der Waals surface area contributed by atoms with Crippen molar-refractivity contribution in [1.29, 1.82) is 0 Å². The number of aromatic nitrogens is 4. The van der Waals surface area contributed by atoms with Gasteiger partial charge in [0.05, 0.1) is 50.2 Å². The van der Waals surface area contributed by atoms with Gasteiger partial charge in [0.25, 0.3) is 0 Å². The van der Waals surface area contributed by atoms with E-state index in [1.54, 1.807) is 0 Å². The van der Waals surface area contributed by atoms with Crippen molar-refractivity contribution in [2.24, 2.45) is 0 Å². The molecule has 0 N–H and O–H groups in total. The first-order chi connectivity index (χ1) is 28.3. The Morgan fingerprint density at radius 1 is 0.246 bits per heavy atom. The first-order valence-corrected chi connectivity index (χ1v) is 19.5. The van der Waals surface area contributed by atoms with Crippen molar-refractivity contribution in [2.45, 2.75) is 0 Å². The third kappa shape index (κ3) is 4.84. The molecular weight excluding hydrogens is 693 g/mol. The summed E-state index contributed by atoms with van der Waals surface area (Å²) in [5.74, 6) is 0. The van der Waals surface area contributed by atoms with E-state index in [1.807, 2.05) is 0 Å². The zero-order valence-electron chi connectivity index (χ0n) is 30.9. The van der Waals surface area contributed by atoms with Crippen LogP contribution in [0.4, 0.5) is 0 Å². The minimum absolute atomic E-state index is 0.939. The van der Waals surface area contributed by atoms with E-state index >= 15 is 0 Å². The van der Waals surface area contributed by atoms with Crippen molar-refractivity contribution >= 4 is 65.4 Å². The molecule has 0 aliphatic rings. The first kappa shape index (κ1) is 31.6. The van der Waals surface area contributed by atoms with Crippen LogP contribution >= 0.6 is 0 Å². The Hall–Kier alpha value is -7.69. The van der Waals surface area contributed by atoms with Crippen molar-refractivity contribution in [3.05, 3.63) is 206 Å². The highest BCUT2D eigenvalue weighted by Crippen LogP contribution is 2.40. The standard InChI is InChI=1S/C53H34N4/c1-3-15-35(16-4-1)46-31-39(32-47(54-46)36-17-5-2-6-18-36)57-51-26-14-10-22-43(51)45-30-28-38(34-53(45)57)56-50-25-13-9-21-42(50)44-29-27-37(33-52(44)56)55-48-23-11-7-19-40(48)41-20-8-12-24-49(41)55/h1-34H. The fourth-order valence-corrected chi connectivity index (χ4v) is 9.11. The summed E-state index contributed by atoms with van der Waals surface area (Å²) in [6, 6.07) is 74.4. The van der Waals surface area contributed by atoms with Gasteiger partial charge in [-0.1, -0.05) is 146 Å². The molecule has 4 heteroatoms. The molecule has 0 unspecified atom stereocenters. The molecule has 0 radical (unpaired) electrons. The van der Waals surface area contributed by atoms with E-state index in [4.69, 9.17) is 4.98 Å². The highest BCUT2D eigenvalue weighted by atomic mass is 15.0. The van der Waals surface area contributed by atoms with Crippen LogP contribution in [0.25, 0.3) is 105 Å². The van der Waals surface area contributed by atoms with Crippen LogP contribution in [0.5, 0.6) is 0 Å². The summed E-state index contributed by atoms with van der Waals surface area (Å²) in [5.41, 5.74) is 14.4. The van der Waals surface area contributed by atoms with Gasteiger partial charge < -0.3 is 13.7 Å². The summed E-state index contributed by atoms with van der Waals surface area (Å²) < 4.78 is 7.28. The number of nitrogens with zero attached hydrogens (tertiary/aromatic N) is 4. The molecule has 0 spiro atoms. The third-order valence-corrected chi connectivity index (χ3v) is 11.6. The molecule has 266 valence electrons. The molecule has 0 saturated carbocycles. The van der Waals surface area contributed by atoms with E-state index in [9.17, 15) is 0 Å². The molecule has 57 heavy (non-hydrogen) atoms. The molecular formula is C53H34N4. The fraction of sp³-hybridized carbons (Fsp3) is 0. The Bertz CT molecular complexity index is 3400. The Kier molecular flexibility index (Phi) is 6.89. The summed E-state index contributed by atoms with van der Waals surface area (Å²) in [6.07, 6.45) is 0. The molecule has 0 aliphatic heterocycles. The second-order valence-corrected chi connectivity index (χ2v) is 14.8. The lowest BCUT2D eigenvalue weighted by Gasteiger charge is -2.14. The molecule has 12 aromatic rings. The molecule has 0 aliphatic carbocycles. The zero-order chi connectivity index (χ0) is 37.5.